The summed E-state index contributed by atoms with van der Waals surface area (Å²) in [6.45, 7) is 2.47. The highest BCUT2D eigenvalue weighted by Gasteiger charge is 2.24. The fraction of sp³-hybridized carbons (Fsp3) is 0.545. The number of hydrogen-bond donors (Lipinski definition) is 1. The van der Waals surface area contributed by atoms with Gasteiger partial charge in [0.1, 0.15) is 0 Å². The zero-order valence-corrected chi connectivity index (χ0v) is 11.6. The van der Waals surface area contributed by atoms with E-state index < -0.39 is 23.0 Å². The molecule has 0 spiro atoms. The molecule has 0 atom stereocenters. The van der Waals surface area contributed by atoms with Crippen molar-refractivity contribution in [1.82, 2.24) is 14.6 Å². The standard InChI is InChI=1S/C11H17F2N3O2S/c1-3-14-6-9-4-5-11(15-7-9)19(17,18)16(2)8-10(12)13/h4-5,7,10,14H,3,6,8H2,1-2H3. The average molecular weight is 293 g/mol. The zero-order valence-electron chi connectivity index (χ0n) is 10.8. The van der Waals surface area contributed by atoms with Gasteiger partial charge in [0.2, 0.25) is 0 Å². The molecule has 0 aliphatic rings. The molecule has 0 radical (unpaired) electrons. The maximum atomic E-state index is 12.2. The Morgan fingerprint density at radius 2 is 2.11 bits per heavy atom. The van der Waals surface area contributed by atoms with E-state index in [1.807, 2.05) is 6.92 Å². The number of sulfonamides is 1. The third-order valence-corrected chi connectivity index (χ3v) is 4.19. The highest BCUT2D eigenvalue weighted by molar-refractivity contribution is 7.89. The summed E-state index contributed by atoms with van der Waals surface area (Å²) in [5.41, 5.74) is 0.831. The Morgan fingerprint density at radius 1 is 1.42 bits per heavy atom. The van der Waals surface area contributed by atoms with Gasteiger partial charge in [0.15, 0.2) is 5.03 Å². The van der Waals surface area contributed by atoms with Gasteiger partial charge in [0.05, 0.1) is 6.54 Å². The van der Waals surface area contributed by atoms with E-state index in [0.717, 1.165) is 19.2 Å². The van der Waals surface area contributed by atoms with Crippen molar-refractivity contribution in [2.75, 3.05) is 20.1 Å². The predicted octanol–water partition coefficient (Wildman–Crippen LogP) is 1.08. The van der Waals surface area contributed by atoms with E-state index in [0.29, 0.717) is 10.8 Å². The minimum absolute atomic E-state index is 0.226. The van der Waals surface area contributed by atoms with E-state index in [4.69, 9.17) is 0 Å². The Morgan fingerprint density at radius 3 is 2.58 bits per heavy atom. The summed E-state index contributed by atoms with van der Waals surface area (Å²) < 4.78 is 48.8. The van der Waals surface area contributed by atoms with E-state index in [9.17, 15) is 17.2 Å². The monoisotopic (exact) mass is 293 g/mol. The molecular weight excluding hydrogens is 276 g/mol. The smallest absolute Gasteiger partial charge is 0.260 e. The molecule has 1 aromatic heterocycles. The van der Waals surface area contributed by atoms with Crippen LogP contribution in [-0.4, -0.2) is 44.3 Å². The lowest BCUT2D eigenvalue weighted by molar-refractivity contribution is 0.126. The molecule has 0 aliphatic carbocycles. The van der Waals surface area contributed by atoms with Crippen molar-refractivity contribution < 1.29 is 17.2 Å². The van der Waals surface area contributed by atoms with Crippen LogP contribution in [0.15, 0.2) is 23.4 Å². The van der Waals surface area contributed by atoms with Crippen LogP contribution in [0, 0.1) is 0 Å². The van der Waals surface area contributed by atoms with E-state index >= 15 is 0 Å². The minimum Gasteiger partial charge on any atom is -0.313 e. The molecule has 0 amide bonds. The van der Waals surface area contributed by atoms with Crippen molar-refractivity contribution in [1.29, 1.82) is 0 Å². The third-order valence-electron chi connectivity index (χ3n) is 2.45. The molecule has 1 N–H and O–H groups in total. The molecule has 0 saturated heterocycles. The van der Waals surface area contributed by atoms with Crippen LogP contribution >= 0.6 is 0 Å². The summed E-state index contributed by atoms with van der Waals surface area (Å²) in [7, 11) is -2.84. The van der Waals surface area contributed by atoms with E-state index in [-0.39, 0.29) is 5.03 Å². The normalized spacial score (nSPS) is 12.3. The van der Waals surface area contributed by atoms with Gasteiger partial charge in [-0.25, -0.2) is 22.2 Å². The molecule has 108 valence electrons. The summed E-state index contributed by atoms with van der Waals surface area (Å²) in [5, 5.41) is 2.85. The van der Waals surface area contributed by atoms with Crippen molar-refractivity contribution in [2.24, 2.45) is 0 Å². The van der Waals surface area contributed by atoms with Gasteiger partial charge in [-0.3, -0.25) is 0 Å². The van der Waals surface area contributed by atoms with Crippen LogP contribution in [0.3, 0.4) is 0 Å². The number of nitrogens with one attached hydrogen (secondary N) is 1. The van der Waals surface area contributed by atoms with Crippen LogP contribution in [0.5, 0.6) is 0 Å². The lowest BCUT2D eigenvalue weighted by Gasteiger charge is -2.15. The number of pyridine rings is 1. The summed E-state index contributed by atoms with van der Waals surface area (Å²) in [6.07, 6.45) is -1.29. The van der Waals surface area contributed by atoms with Gasteiger partial charge in [-0.1, -0.05) is 13.0 Å². The number of alkyl halides is 2. The topological polar surface area (TPSA) is 62.3 Å². The van der Waals surface area contributed by atoms with Gasteiger partial charge in [-0.2, -0.15) is 4.31 Å². The molecule has 0 saturated carbocycles. The molecule has 0 aromatic carbocycles. The number of hydrogen-bond acceptors (Lipinski definition) is 4. The predicted molar refractivity (Wildman–Crippen MR) is 67.4 cm³/mol. The fourth-order valence-electron chi connectivity index (χ4n) is 1.39. The first-order valence-electron chi connectivity index (χ1n) is 5.78. The second-order valence-corrected chi connectivity index (χ2v) is 5.95. The van der Waals surface area contributed by atoms with Crippen LogP contribution in [0.1, 0.15) is 12.5 Å². The van der Waals surface area contributed by atoms with Crippen LogP contribution in [-0.2, 0) is 16.6 Å². The molecule has 0 fully saturated rings. The minimum atomic E-state index is -3.95. The van der Waals surface area contributed by atoms with Crippen molar-refractivity contribution in [3.63, 3.8) is 0 Å². The fourth-order valence-corrected chi connectivity index (χ4v) is 2.44. The van der Waals surface area contributed by atoms with Crippen molar-refractivity contribution in [3.05, 3.63) is 23.9 Å². The summed E-state index contributed by atoms with van der Waals surface area (Å²) in [5.74, 6) is 0. The largest absolute Gasteiger partial charge is 0.313 e. The van der Waals surface area contributed by atoms with Gasteiger partial charge < -0.3 is 5.32 Å². The van der Waals surface area contributed by atoms with E-state index in [1.165, 1.54) is 12.3 Å². The first-order chi connectivity index (χ1) is 8.87. The van der Waals surface area contributed by atoms with Crippen LogP contribution in [0.25, 0.3) is 0 Å². The maximum Gasteiger partial charge on any atom is 0.260 e. The molecule has 8 heteroatoms. The summed E-state index contributed by atoms with van der Waals surface area (Å²) in [4.78, 5) is 3.82. The second-order valence-electron chi connectivity index (χ2n) is 3.96. The molecule has 0 bridgehead atoms. The number of rotatable bonds is 7. The summed E-state index contributed by atoms with van der Waals surface area (Å²) >= 11 is 0. The van der Waals surface area contributed by atoms with Gasteiger partial charge in [0.25, 0.3) is 16.4 Å². The highest BCUT2D eigenvalue weighted by Crippen LogP contribution is 2.13. The first-order valence-corrected chi connectivity index (χ1v) is 7.22. The van der Waals surface area contributed by atoms with Gasteiger partial charge >= 0.3 is 0 Å². The zero-order chi connectivity index (χ0) is 14.5. The van der Waals surface area contributed by atoms with Crippen molar-refractivity contribution in [3.8, 4) is 0 Å². The number of aromatic nitrogens is 1. The Kier molecular flexibility index (Phi) is 5.77. The SMILES string of the molecule is CCNCc1ccc(S(=O)(=O)N(C)CC(F)F)nc1. The van der Waals surface area contributed by atoms with Crippen molar-refractivity contribution >= 4 is 10.0 Å². The Hall–Kier alpha value is -1.12. The quantitative estimate of drug-likeness (QED) is 0.817. The molecule has 1 aromatic rings. The maximum absolute atomic E-state index is 12.2. The molecule has 1 rings (SSSR count). The average Bonchev–Trinajstić information content (AvgIpc) is 2.36. The van der Waals surface area contributed by atoms with E-state index in [2.05, 4.69) is 10.3 Å². The van der Waals surface area contributed by atoms with Gasteiger partial charge in [-0.05, 0) is 18.2 Å². The van der Waals surface area contributed by atoms with Crippen LogP contribution < -0.4 is 5.32 Å². The van der Waals surface area contributed by atoms with Crippen LogP contribution in [0.2, 0.25) is 0 Å². The van der Waals surface area contributed by atoms with Crippen LogP contribution in [0.4, 0.5) is 8.78 Å². The van der Waals surface area contributed by atoms with E-state index in [1.54, 1.807) is 6.07 Å². The molecule has 0 aliphatic heterocycles. The number of nitrogens with zero attached hydrogens (tertiary/aromatic N) is 2. The Balaban J connectivity index is 2.84. The van der Waals surface area contributed by atoms with Crippen molar-refractivity contribution in [2.45, 2.75) is 24.9 Å². The third kappa shape index (κ3) is 4.48. The van der Waals surface area contributed by atoms with Gasteiger partial charge in [0, 0.05) is 19.8 Å². The molecule has 1 heterocycles. The number of halogens is 2. The Labute approximate surface area is 111 Å². The highest BCUT2D eigenvalue weighted by atomic mass is 32.2. The molecule has 5 nitrogen and oxygen atoms in total. The second kappa shape index (κ2) is 6.88. The Bertz CT molecular complexity index is 491. The molecular formula is C11H17F2N3O2S. The summed E-state index contributed by atoms with van der Waals surface area (Å²) in [6, 6.07) is 2.93. The lowest BCUT2D eigenvalue weighted by atomic mass is 10.3. The lowest BCUT2D eigenvalue weighted by Crippen LogP contribution is -2.32. The van der Waals surface area contributed by atoms with Gasteiger partial charge in [-0.15, -0.1) is 0 Å². The molecule has 19 heavy (non-hydrogen) atoms. The molecule has 0 unspecified atom stereocenters. The first kappa shape index (κ1) is 15.9.